The van der Waals surface area contributed by atoms with Gasteiger partial charge in [-0.25, -0.2) is 0 Å². The number of anilines is 6. The number of rotatable bonds is 9. The fraction of sp³-hybridized carbons (Fsp3) is 0.161. The van der Waals surface area contributed by atoms with Crippen molar-refractivity contribution in [2.24, 2.45) is 0 Å². The highest BCUT2D eigenvalue weighted by molar-refractivity contribution is 7.00. The molecule has 0 amide bonds. The Hall–Kier alpha value is -10.9. The van der Waals surface area contributed by atoms with Crippen molar-refractivity contribution in [2.75, 3.05) is 9.80 Å². The number of fused-ring (bicyclic) bond motifs is 10. The maximum Gasteiger partial charge on any atom is 0.252 e. The minimum Gasteiger partial charge on any atom is -0.310 e. The zero-order valence-electron chi connectivity index (χ0n) is 58.3. The molecule has 0 fully saturated rings. The molecule has 4 nitrogen and oxygen atoms in total. The summed E-state index contributed by atoms with van der Waals surface area (Å²) in [6.45, 7) is 27.6. The summed E-state index contributed by atoms with van der Waals surface area (Å²) in [7, 11) is 0. The Balaban J connectivity index is 1.07. The van der Waals surface area contributed by atoms with Crippen LogP contribution in [-0.4, -0.2) is 15.8 Å². The van der Waals surface area contributed by atoms with Gasteiger partial charge >= 0.3 is 0 Å². The lowest BCUT2D eigenvalue weighted by molar-refractivity contribution is 0.590. The summed E-state index contributed by atoms with van der Waals surface area (Å²) in [6, 6.07) is 103. The van der Waals surface area contributed by atoms with Crippen molar-refractivity contribution < 1.29 is 0 Å². The van der Waals surface area contributed by atoms with Crippen LogP contribution in [0, 0.1) is 27.7 Å². The first kappa shape index (κ1) is 60.8. The first-order chi connectivity index (χ1) is 47.3. The largest absolute Gasteiger partial charge is 0.310 e. The van der Waals surface area contributed by atoms with Crippen LogP contribution >= 0.6 is 0 Å². The van der Waals surface area contributed by atoms with Gasteiger partial charge in [-0.05, 0) is 207 Å². The highest BCUT2D eigenvalue weighted by atomic mass is 15.2. The van der Waals surface area contributed by atoms with E-state index in [2.05, 4.69) is 369 Å². The van der Waals surface area contributed by atoms with Gasteiger partial charge in [0.25, 0.3) is 6.71 Å². The lowest BCUT2D eigenvalue weighted by atomic mass is 9.33. The molecule has 17 rings (SSSR count). The minimum absolute atomic E-state index is 0.142. The Morgan fingerprint density at radius 1 is 0.306 bits per heavy atom. The lowest BCUT2D eigenvalue weighted by Crippen LogP contribution is -2.61. The molecular formula is C93H81BN4. The normalized spacial score (nSPS) is 12.9. The molecule has 0 saturated carbocycles. The van der Waals surface area contributed by atoms with Gasteiger partial charge in [-0.2, -0.15) is 0 Å². The van der Waals surface area contributed by atoms with Crippen molar-refractivity contribution in [3.8, 4) is 55.9 Å². The highest BCUT2D eigenvalue weighted by Gasteiger charge is 2.46. The van der Waals surface area contributed by atoms with Crippen LogP contribution in [0.25, 0.3) is 99.5 Å². The number of aryl methyl sites for hydroxylation is 4. The summed E-state index contributed by atoms with van der Waals surface area (Å²) in [5.74, 6) is 0.142. The van der Waals surface area contributed by atoms with Crippen LogP contribution in [0.2, 0.25) is 0 Å². The highest BCUT2D eigenvalue weighted by Crippen LogP contribution is 2.55. The van der Waals surface area contributed by atoms with Gasteiger partial charge in [0.05, 0.1) is 33.4 Å². The number of hydrogen-bond acceptors (Lipinski definition) is 2. The first-order valence-corrected chi connectivity index (χ1v) is 35.0. The fourth-order valence-electron chi connectivity index (χ4n) is 16.1. The molecule has 0 N–H and O–H groups in total. The zero-order valence-corrected chi connectivity index (χ0v) is 58.3. The molecule has 2 aliphatic rings. The number of benzene rings is 13. The first-order valence-electron chi connectivity index (χ1n) is 35.0. The van der Waals surface area contributed by atoms with Gasteiger partial charge in [0.2, 0.25) is 0 Å². The SMILES string of the molecule is Cc1ccc2c3ccc(C)cc3n(-c3ccc4c(c3)N(c3c(-c5ccccc5)cc(C(C)(C)C)cc3-c3ccccc3)c3cc(C(C)C)cc5c3B4c3ccc(-n4c6cc(C)ccc6c6ccc(C)cc64)cc3N5c3c(-c4ccccc4)cc(C(C)(C)C)cc3-c3ccccc3)c2c1. The van der Waals surface area contributed by atoms with E-state index in [0.29, 0.717) is 0 Å². The molecule has 476 valence electrons. The van der Waals surface area contributed by atoms with Crippen molar-refractivity contribution in [3.05, 3.63) is 306 Å². The molecule has 0 bridgehead atoms. The summed E-state index contributed by atoms with van der Waals surface area (Å²) in [6.07, 6.45) is 0. The van der Waals surface area contributed by atoms with E-state index in [1.165, 1.54) is 155 Å². The van der Waals surface area contributed by atoms with E-state index in [9.17, 15) is 0 Å². The van der Waals surface area contributed by atoms with Crippen molar-refractivity contribution in [1.82, 2.24) is 9.13 Å². The summed E-state index contributed by atoms with van der Waals surface area (Å²) in [4.78, 5) is 5.47. The lowest BCUT2D eigenvalue weighted by Gasteiger charge is -2.46. The van der Waals surface area contributed by atoms with Crippen molar-refractivity contribution >= 4 is 101 Å². The second-order valence-corrected chi connectivity index (χ2v) is 30.3. The van der Waals surface area contributed by atoms with E-state index in [1.54, 1.807) is 0 Å². The topological polar surface area (TPSA) is 16.3 Å². The number of hydrogen-bond donors (Lipinski definition) is 0. The molecule has 5 heteroatoms. The Morgan fingerprint density at radius 3 is 0.878 bits per heavy atom. The van der Waals surface area contributed by atoms with Crippen LogP contribution in [0.3, 0.4) is 0 Å². The van der Waals surface area contributed by atoms with E-state index < -0.39 is 0 Å². The van der Waals surface area contributed by atoms with Crippen LogP contribution < -0.4 is 26.2 Å². The maximum absolute atomic E-state index is 2.74. The Bertz CT molecular complexity index is 5130. The van der Waals surface area contributed by atoms with E-state index in [0.717, 1.165) is 34.1 Å². The molecule has 4 heterocycles. The third-order valence-corrected chi connectivity index (χ3v) is 21.1. The quantitative estimate of drug-likeness (QED) is 0.134. The van der Waals surface area contributed by atoms with E-state index in [4.69, 9.17) is 0 Å². The van der Waals surface area contributed by atoms with Gasteiger partial charge in [0.1, 0.15) is 0 Å². The molecule has 0 unspecified atom stereocenters. The molecular weight excluding hydrogens is 1180 g/mol. The standard InChI is InChI=1S/C93H81BN4/c1-57(2)66-49-87-89-88(50-66)98(91-77(64-29-21-15-22-30-64)53-68(93(10,11)12)54-78(91)65-31-23-16-24-32-65)86-56-70(96-83-47-60(5)35-41-73(83)74-42-36-61(6)48-84(74)96)38-44-80(86)94(89)79-43-37-69(95-81-45-58(3)33-39-71(81)72-40-34-59(4)46-82(72)95)55-85(79)97(87)90-75(62-25-17-13-18-26-62)51-67(92(7,8)9)52-76(90)63-27-19-14-20-28-63/h13-57H,1-12H3. The summed E-state index contributed by atoms with van der Waals surface area (Å²) < 4.78 is 5.09. The van der Waals surface area contributed by atoms with Crippen molar-refractivity contribution in [3.63, 3.8) is 0 Å². The minimum atomic E-state index is -0.213. The van der Waals surface area contributed by atoms with Gasteiger partial charge in [0, 0.05) is 77.9 Å². The van der Waals surface area contributed by atoms with E-state index >= 15 is 0 Å². The van der Waals surface area contributed by atoms with Crippen LogP contribution in [0.4, 0.5) is 34.1 Å². The molecule has 0 radical (unpaired) electrons. The third-order valence-electron chi connectivity index (χ3n) is 21.1. The number of aromatic nitrogens is 2. The fourth-order valence-corrected chi connectivity index (χ4v) is 16.1. The molecule has 2 aromatic heterocycles. The van der Waals surface area contributed by atoms with Gasteiger partial charge < -0.3 is 18.9 Å². The van der Waals surface area contributed by atoms with Crippen LogP contribution in [0.5, 0.6) is 0 Å². The van der Waals surface area contributed by atoms with Crippen molar-refractivity contribution in [2.45, 2.75) is 99.8 Å². The molecule has 0 aliphatic carbocycles. The molecule has 0 spiro atoms. The van der Waals surface area contributed by atoms with Crippen LogP contribution in [-0.2, 0) is 10.8 Å². The summed E-state index contributed by atoms with van der Waals surface area (Å²) in [5, 5.41) is 4.99. The molecule has 15 aromatic rings. The molecule has 0 saturated heterocycles. The van der Waals surface area contributed by atoms with Crippen LogP contribution in [0.15, 0.2) is 267 Å². The van der Waals surface area contributed by atoms with Gasteiger partial charge in [-0.3, -0.25) is 0 Å². The smallest absolute Gasteiger partial charge is 0.252 e. The number of nitrogens with zero attached hydrogens (tertiary/aromatic N) is 4. The second kappa shape index (κ2) is 22.9. The molecule has 13 aromatic carbocycles. The predicted molar refractivity (Wildman–Crippen MR) is 421 cm³/mol. The van der Waals surface area contributed by atoms with Gasteiger partial charge in [-0.15, -0.1) is 0 Å². The summed E-state index contributed by atoms with van der Waals surface area (Å²) in [5.41, 5.74) is 35.5. The second-order valence-electron chi connectivity index (χ2n) is 30.3. The summed E-state index contributed by atoms with van der Waals surface area (Å²) >= 11 is 0. The zero-order chi connectivity index (χ0) is 67.2. The monoisotopic (exact) mass is 1260 g/mol. The Kier molecular flexibility index (Phi) is 14.2. The Morgan fingerprint density at radius 2 is 0.602 bits per heavy atom. The molecule has 0 atom stereocenters. The third kappa shape index (κ3) is 9.86. The Labute approximate surface area is 577 Å². The van der Waals surface area contributed by atoms with Crippen molar-refractivity contribution in [1.29, 1.82) is 0 Å². The molecule has 98 heavy (non-hydrogen) atoms. The van der Waals surface area contributed by atoms with Gasteiger partial charge in [0.15, 0.2) is 0 Å². The maximum atomic E-state index is 2.74. The average molecular weight is 1270 g/mol. The average Bonchev–Trinajstić information content (AvgIpc) is 0.922. The molecule has 2 aliphatic heterocycles. The van der Waals surface area contributed by atoms with E-state index in [1.807, 2.05) is 0 Å². The van der Waals surface area contributed by atoms with E-state index in [-0.39, 0.29) is 23.5 Å². The van der Waals surface area contributed by atoms with Gasteiger partial charge in [-0.1, -0.05) is 237 Å². The predicted octanol–water partition coefficient (Wildman–Crippen LogP) is 23.6. The van der Waals surface area contributed by atoms with Crippen LogP contribution in [0.1, 0.15) is 100 Å².